The highest BCUT2D eigenvalue weighted by Crippen LogP contribution is 2.38. The largest absolute Gasteiger partial charge is 0.496 e. The number of ether oxygens (including phenoxy) is 2. The van der Waals surface area contributed by atoms with Crippen LogP contribution in [0, 0.1) is 0 Å². The normalized spacial score (nSPS) is 11.4. The summed E-state index contributed by atoms with van der Waals surface area (Å²) >= 11 is 1.58. The van der Waals surface area contributed by atoms with Gasteiger partial charge in [-0.3, -0.25) is 9.52 Å². The maximum Gasteiger partial charge on any atom is 0.263 e. The fourth-order valence-electron chi connectivity index (χ4n) is 3.36. The number of methoxy groups -OCH3 is 2. The number of rotatable bonds is 9. The van der Waals surface area contributed by atoms with Gasteiger partial charge in [0, 0.05) is 33.8 Å². The molecule has 0 spiro atoms. The number of sulfonamides is 1. The van der Waals surface area contributed by atoms with Crippen molar-refractivity contribution >= 4 is 39.0 Å². The number of aromatic nitrogens is 1. The SMILES string of the molecule is COc1cc(OC)c(-c2cccs2)cc1C=CC(=O)c1ccc(S(=O)(=O)Nc2ccccn2)cc1. The van der Waals surface area contributed by atoms with Crippen molar-refractivity contribution in [3.05, 3.63) is 95.5 Å². The lowest BCUT2D eigenvalue weighted by Crippen LogP contribution is -2.13. The maximum absolute atomic E-state index is 12.8. The Labute approximate surface area is 207 Å². The number of allylic oxidation sites excluding steroid dienone is 1. The Balaban J connectivity index is 1.55. The van der Waals surface area contributed by atoms with E-state index >= 15 is 0 Å². The van der Waals surface area contributed by atoms with Gasteiger partial charge in [-0.2, -0.15) is 0 Å². The van der Waals surface area contributed by atoms with Crippen LogP contribution in [0.15, 0.2) is 89.3 Å². The number of pyridine rings is 1. The van der Waals surface area contributed by atoms with Gasteiger partial charge in [-0.05, 0) is 66.1 Å². The van der Waals surface area contributed by atoms with Crippen LogP contribution in [0.4, 0.5) is 5.82 Å². The molecule has 2 aromatic heterocycles. The predicted octanol–water partition coefficient (Wildman–Crippen LogP) is 5.52. The average Bonchev–Trinajstić information content (AvgIpc) is 3.42. The summed E-state index contributed by atoms with van der Waals surface area (Å²) in [5.41, 5.74) is 1.96. The van der Waals surface area contributed by atoms with E-state index < -0.39 is 10.0 Å². The van der Waals surface area contributed by atoms with Gasteiger partial charge in [0.1, 0.15) is 17.3 Å². The van der Waals surface area contributed by atoms with Crippen LogP contribution < -0.4 is 14.2 Å². The Hall–Kier alpha value is -3.95. The molecule has 4 aromatic rings. The van der Waals surface area contributed by atoms with Crippen molar-refractivity contribution < 1.29 is 22.7 Å². The third kappa shape index (κ3) is 5.59. The number of carbonyl (C=O) groups is 1. The molecule has 0 saturated carbocycles. The number of hydrogen-bond donors (Lipinski definition) is 1. The summed E-state index contributed by atoms with van der Waals surface area (Å²) in [6.45, 7) is 0. The van der Waals surface area contributed by atoms with E-state index in [-0.39, 0.29) is 16.5 Å². The summed E-state index contributed by atoms with van der Waals surface area (Å²) in [4.78, 5) is 17.8. The third-order valence-electron chi connectivity index (χ3n) is 5.11. The molecule has 1 N–H and O–H groups in total. The van der Waals surface area contributed by atoms with Gasteiger partial charge in [0.05, 0.1) is 19.1 Å². The van der Waals surface area contributed by atoms with Gasteiger partial charge in [0.2, 0.25) is 0 Å². The van der Waals surface area contributed by atoms with Crippen LogP contribution in [0.2, 0.25) is 0 Å². The van der Waals surface area contributed by atoms with Crippen LogP contribution in [-0.2, 0) is 10.0 Å². The van der Waals surface area contributed by atoms with Crippen LogP contribution in [0.5, 0.6) is 11.5 Å². The lowest BCUT2D eigenvalue weighted by atomic mass is 10.0. The van der Waals surface area contributed by atoms with Crippen LogP contribution in [0.1, 0.15) is 15.9 Å². The lowest BCUT2D eigenvalue weighted by Gasteiger charge is -2.12. The first-order valence-corrected chi connectivity index (χ1v) is 12.8. The van der Waals surface area contributed by atoms with Crippen LogP contribution >= 0.6 is 11.3 Å². The zero-order chi connectivity index (χ0) is 24.8. The molecule has 0 radical (unpaired) electrons. The highest BCUT2D eigenvalue weighted by Gasteiger charge is 2.16. The van der Waals surface area contributed by atoms with Gasteiger partial charge in [0.15, 0.2) is 5.78 Å². The average molecular weight is 507 g/mol. The molecule has 0 atom stereocenters. The van der Waals surface area contributed by atoms with E-state index in [2.05, 4.69) is 9.71 Å². The topological polar surface area (TPSA) is 94.6 Å². The zero-order valence-electron chi connectivity index (χ0n) is 19.0. The van der Waals surface area contributed by atoms with Gasteiger partial charge in [-0.25, -0.2) is 13.4 Å². The van der Waals surface area contributed by atoms with E-state index in [0.29, 0.717) is 22.6 Å². The molecule has 0 aliphatic rings. The van der Waals surface area contributed by atoms with Gasteiger partial charge < -0.3 is 9.47 Å². The Bertz CT molecular complexity index is 1450. The Morgan fingerprint density at radius 2 is 1.74 bits per heavy atom. The molecule has 0 fully saturated rings. The Morgan fingerprint density at radius 1 is 0.971 bits per heavy atom. The Morgan fingerprint density at radius 3 is 2.37 bits per heavy atom. The second-order valence-electron chi connectivity index (χ2n) is 7.31. The van der Waals surface area contributed by atoms with Crippen molar-refractivity contribution in [1.82, 2.24) is 4.98 Å². The van der Waals surface area contributed by atoms with E-state index in [1.165, 1.54) is 36.5 Å². The molecule has 2 aromatic carbocycles. The molecule has 0 aliphatic heterocycles. The fraction of sp³-hybridized carbons (Fsp3) is 0.0769. The van der Waals surface area contributed by atoms with Crippen molar-refractivity contribution in [3.8, 4) is 21.9 Å². The molecular weight excluding hydrogens is 484 g/mol. The number of benzene rings is 2. The van der Waals surface area contributed by atoms with Crippen molar-refractivity contribution in [2.24, 2.45) is 0 Å². The van der Waals surface area contributed by atoms with E-state index in [0.717, 1.165) is 10.4 Å². The molecule has 2 heterocycles. The van der Waals surface area contributed by atoms with Crippen LogP contribution in [-0.4, -0.2) is 33.4 Å². The molecule has 0 aliphatic carbocycles. The molecule has 9 heteroatoms. The summed E-state index contributed by atoms with van der Waals surface area (Å²) in [7, 11) is -0.672. The van der Waals surface area contributed by atoms with E-state index in [9.17, 15) is 13.2 Å². The van der Waals surface area contributed by atoms with Crippen molar-refractivity contribution in [2.45, 2.75) is 4.90 Å². The van der Waals surface area contributed by atoms with E-state index in [1.807, 2.05) is 23.6 Å². The molecule has 35 heavy (non-hydrogen) atoms. The first kappa shape index (κ1) is 24.2. The van der Waals surface area contributed by atoms with Crippen LogP contribution in [0.25, 0.3) is 16.5 Å². The summed E-state index contributed by atoms with van der Waals surface area (Å²) in [6, 6.07) is 18.3. The molecule has 0 unspecified atom stereocenters. The third-order valence-corrected chi connectivity index (χ3v) is 7.38. The number of anilines is 1. The molecule has 0 saturated heterocycles. The molecule has 0 amide bonds. The van der Waals surface area contributed by atoms with Crippen molar-refractivity contribution in [1.29, 1.82) is 0 Å². The quantitative estimate of drug-likeness (QED) is 0.237. The maximum atomic E-state index is 12.8. The minimum Gasteiger partial charge on any atom is -0.496 e. The highest BCUT2D eigenvalue weighted by atomic mass is 32.2. The minimum atomic E-state index is -3.82. The zero-order valence-corrected chi connectivity index (χ0v) is 20.6. The lowest BCUT2D eigenvalue weighted by molar-refractivity contribution is 0.104. The van der Waals surface area contributed by atoms with E-state index in [4.69, 9.17) is 9.47 Å². The summed E-state index contributed by atoms with van der Waals surface area (Å²) in [5, 5.41) is 1.98. The monoisotopic (exact) mass is 506 g/mol. The van der Waals surface area contributed by atoms with Gasteiger partial charge in [-0.15, -0.1) is 11.3 Å². The van der Waals surface area contributed by atoms with Crippen molar-refractivity contribution in [2.75, 3.05) is 18.9 Å². The Kier molecular flexibility index (Phi) is 7.28. The number of nitrogens with one attached hydrogen (secondary N) is 1. The van der Waals surface area contributed by atoms with Crippen molar-refractivity contribution in [3.63, 3.8) is 0 Å². The predicted molar refractivity (Wildman–Crippen MR) is 138 cm³/mol. The number of carbonyl (C=O) groups excluding carboxylic acids is 1. The number of hydrogen-bond acceptors (Lipinski definition) is 7. The molecular formula is C26H22N2O5S2. The summed E-state index contributed by atoms with van der Waals surface area (Å²) in [6.07, 6.45) is 4.59. The number of nitrogens with zero attached hydrogens (tertiary/aromatic N) is 1. The van der Waals surface area contributed by atoms with Crippen LogP contribution in [0.3, 0.4) is 0 Å². The summed E-state index contributed by atoms with van der Waals surface area (Å²) < 4.78 is 38.5. The first-order chi connectivity index (χ1) is 16.9. The standard InChI is InChI=1S/C26H22N2O5S2/c1-32-23-17-24(33-2)21(25-6-5-15-34-25)16-19(23)10-13-22(29)18-8-11-20(12-9-18)35(30,31)28-26-7-3-4-14-27-26/h3-17H,1-2H3,(H,27,28). The summed E-state index contributed by atoms with van der Waals surface area (Å²) in [5.74, 6) is 1.17. The number of thiophene rings is 1. The van der Waals surface area contributed by atoms with Gasteiger partial charge in [0.25, 0.3) is 10.0 Å². The first-order valence-electron chi connectivity index (χ1n) is 10.5. The molecule has 178 valence electrons. The fourth-order valence-corrected chi connectivity index (χ4v) is 5.11. The number of ketones is 1. The smallest absolute Gasteiger partial charge is 0.263 e. The molecule has 4 rings (SSSR count). The van der Waals surface area contributed by atoms with E-state index in [1.54, 1.807) is 55.9 Å². The second kappa shape index (κ2) is 10.5. The highest BCUT2D eigenvalue weighted by molar-refractivity contribution is 7.92. The van der Waals surface area contributed by atoms with Gasteiger partial charge >= 0.3 is 0 Å². The minimum absolute atomic E-state index is 0.0288. The second-order valence-corrected chi connectivity index (χ2v) is 9.94. The van der Waals surface area contributed by atoms with Gasteiger partial charge in [-0.1, -0.05) is 12.1 Å². The molecule has 7 nitrogen and oxygen atoms in total. The molecule has 0 bridgehead atoms.